The lowest BCUT2D eigenvalue weighted by Gasteiger charge is -2.32. The molecule has 0 aromatic heterocycles. The molecule has 224 valence electrons. The number of carbonyl (C=O) groups excluding carboxylic acids is 3. The number of hydrogen-bond acceptors (Lipinski definition) is 6. The molecule has 0 bridgehead atoms. The average Bonchev–Trinajstić information content (AvgIpc) is 3.34. The Morgan fingerprint density at radius 3 is 2.40 bits per heavy atom. The molecule has 0 aliphatic carbocycles. The van der Waals surface area contributed by atoms with Crippen molar-refractivity contribution in [1.82, 2.24) is 15.1 Å². The Bertz CT molecular complexity index is 1510. The van der Waals surface area contributed by atoms with E-state index in [0.717, 1.165) is 43.0 Å². The van der Waals surface area contributed by atoms with Crippen LogP contribution in [-0.4, -0.2) is 87.1 Å². The Morgan fingerprint density at radius 2 is 1.72 bits per heavy atom. The van der Waals surface area contributed by atoms with Crippen LogP contribution in [0.5, 0.6) is 0 Å². The van der Waals surface area contributed by atoms with E-state index < -0.39 is 11.7 Å². The summed E-state index contributed by atoms with van der Waals surface area (Å²) < 4.78 is 14.0. The zero-order chi connectivity index (χ0) is 30.5. The van der Waals surface area contributed by atoms with Gasteiger partial charge in [-0.25, -0.2) is 4.39 Å². The summed E-state index contributed by atoms with van der Waals surface area (Å²) in [4.78, 5) is 48.9. The number of fused-ring (bicyclic) bond motifs is 1. The number of likely N-dealkylation sites (N-methyl/N-ethyl adjacent to an activating group) is 2. The molecule has 3 aromatic rings. The van der Waals surface area contributed by atoms with Crippen LogP contribution in [-0.2, 0) is 20.8 Å². The minimum atomic E-state index is -0.736. The SMILES string of the molecule is CNC(=O)CCc1ccc(C(=Nc2ccc(N(C)C(=O)CN3CCN(C)CC3)cc2)C2C(=O)Nc3cc(F)ccc32)cc1. The van der Waals surface area contributed by atoms with E-state index in [1.165, 1.54) is 12.1 Å². The van der Waals surface area contributed by atoms with E-state index in [9.17, 15) is 18.8 Å². The van der Waals surface area contributed by atoms with Crippen LogP contribution in [0.4, 0.5) is 21.5 Å². The first-order chi connectivity index (χ1) is 20.7. The average molecular weight is 585 g/mol. The Hall–Kier alpha value is -4.41. The third-order valence-corrected chi connectivity index (χ3v) is 8.10. The van der Waals surface area contributed by atoms with Gasteiger partial charge in [0.15, 0.2) is 0 Å². The number of aliphatic imine (C=N–C) groups is 1. The van der Waals surface area contributed by atoms with Crippen LogP contribution in [0.2, 0.25) is 0 Å². The number of nitrogens with zero attached hydrogens (tertiary/aromatic N) is 4. The van der Waals surface area contributed by atoms with Crippen molar-refractivity contribution in [1.29, 1.82) is 0 Å². The summed E-state index contributed by atoms with van der Waals surface area (Å²) in [6.07, 6.45) is 0.959. The number of carbonyl (C=O) groups is 3. The molecule has 1 unspecified atom stereocenters. The Kier molecular flexibility index (Phi) is 9.27. The largest absolute Gasteiger partial charge is 0.359 e. The van der Waals surface area contributed by atoms with Gasteiger partial charge in [-0.05, 0) is 66.6 Å². The maximum atomic E-state index is 14.0. The van der Waals surface area contributed by atoms with E-state index in [2.05, 4.69) is 27.5 Å². The highest BCUT2D eigenvalue weighted by atomic mass is 19.1. The van der Waals surface area contributed by atoms with Gasteiger partial charge in [0, 0.05) is 58.1 Å². The molecule has 1 fully saturated rings. The molecule has 2 N–H and O–H groups in total. The molecule has 3 amide bonds. The number of rotatable bonds is 9. The normalized spacial score (nSPS) is 17.3. The first-order valence-corrected chi connectivity index (χ1v) is 14.5. The second-order valence-corrected chi connectivity index (χ2v) is 11.1. The van der Waals surface area contributed by atoms with E-state index >= 15 is 0 Å². The molecule has 9 nitrogen and oxygen atoms in total. The highest BCUT2D eigenvalue weighted by Gasteiger charge is 2.35. The van der Waals surface area contributed by atoms with Gasteiger partial charge in [0.1, 0.15) is 11.7 Å². The molecule has 3 aromatic carbocycles. The van der Waals surface area contributed by atoms with Crippen LogP contribution in [0, 0.1) is 5.82 Å². The van der Waals surface area contributed by atoms with E-state index in [0.29, 0.717) is 42.0 Å². The molecule has 0 saturated carbocycles. The minimum absolute atomic E-state index is 0.0180. The van der Waals surface area contributed by atoms with Crippen LogP contribution in [0.1, 0.15) is 29.0 Å². The molecule has 0 spiro atoms. The molecule has 43 heavy (non-hydrogen) atoms. The van der Waals surface area contributed by atoms with Crippen molar-refractivity contribution < 1.29 is 18.8 Å². The number of hydrogen-bond donors (Lipinski definition) is 2. The van der Waals surface area contributed by atoms with Crippen molar-refractivity contribution in [2.24, 2.45) is 4.99 Å². The van der Waals surface area contributed by atoms with Crippen molar-refractivity contribution in [2.45, 2.75) is 18.8 Å². The zero-order valence-corrected chi connectivity index (χ0v) is 24.8. The summed E-state index contributed by atoms with van der Waals surface area (Å²) >= 11 is 0. The maximum absolute atomic E-state index is 14.0. The third-order valence-electron chi connectivity index (χ3n) is 8.10. The number of anilines is 2. The summed E-state index contributed by atoms with van der Waals surface area (Å²) in [5, 5.41) is 5.42. The molecule has 1 saturated heterocycles. The first kappa shape index (κ1) is 30.1. The van der Waals surface area contributed by atoms with Crippen molar-refractivity contribution in [3.05, 3.63) is 89.2 Å². The summed E-state index contributed by atoms with van der Waals surface area (Å²) in [5.41, 5.74) is 4.70. The predicted molar refractivity (Wildman–Crippen MR) is 167 cm³/mol. The minimum Gasteiger partial charge on any atom is -0.359 e. The van der Waals surface area contributed by atoms with Gasteiger partial charge in [0.05, 0.1) is 17.9 Å². The second kappa shape index (κ2) is 13.3. The number of amides is 3. The van der Waals surface area contributed by atoms with E-state index in [1.807, 2.05) is 48.5 Å². The monoisotopic (exact) mass is 584 g/mol. The van der Waals surface area contributed by atoms with E-state index in [-0.39, 0.29) is 17.7 Å². The Labute approximate surface area is 251 Å². The van der Waals surface area contributed by atoms with Gasteiger partial charge in [0.25, 0.3) is 0 Å². The molecule has 1 atom stereocenters. The van der Waals surface area contributed by atoms with Gasteiger partial charge in [0.2, 0.25) is 17.7 Å². The molecular formula is C33H37FN6O3. The van der Waals surface area contributed by atoms with Gasteiger partial charge in [-0.3, -0.25) is 24.3 Å². The summed E-state index contributed by atoms with van der Waals surface area (Å²) in [6.45, 7) is 3.99. The fourth-order valence-electron chi connectivity index (χ4n) is 5.36. The summed E-state index contributed by atoms with van der Waals surface area (Å²) in [6, 6.07) is 19.3. The Morgan fingerprint density at radius 1 is 1.02 bits per heavy atom. The quantitative estimate of drug-likeness (QED) is 0.375. The Balaban J connectivity index is 1.40. The van der Waals surface area contributed by atoms with Crippen LogP contribution in [0.15, 0.2) is 71.7 Å². The third kappa shape index (κ3) is 7.15. The van der Waals surface area contributed by atoms with Crippen LogP contribution < -0.4 is 15.5 Å². The van der Waals surface area contributed by atoms with Crippen LogP contribution in [0.25, 0.3) is 0 Å². The van der Waals surface area contributed by atoms with E-state index in [1.54, 1.807) is 25.1 Å². The predicted octanol–water partition coefficient (Wildman–Crippen LogP) is 3.57. The summed E-state index contributed by atoms with van der Waals surface area (Å²) in [5.74, 6) is -1.47. The molecular weight excluding hydrogens is 547 g/mol. The van der Waals surface area contributed by atoms with Crippen molar-refractivity contribution in [3.63, 3.8) is 0 Å². The van der Waals surface area contributed by atoms with E-state index in [4.69, 9.17) is 4.99 Å². The van der Waals surface area contributed by atoms with Crippen LogP contribution >= 0.6 is 0 Å². The number of piperazine rings is 1. The van der Waals surface area contributed by atoms with Crippen LogP contribution in [0.3, 0.4) is 0 Å². The van der Waals surface area contributed by atoms with Gasteiger partial charge < -0.3 is 20.4 Å². The lowest BCUT2D eigenvalue weighted by atomic mass is 9.90. The van der Waals surface area contributed by atoms with Crippen molar-refractivity contribution >= 4 is 40.5 Å². The lowest BCUT2D eigenvalue weighted by Crippen LogP contribution is -2.48. The molecule has 10 heteroatoms. The van der Waals surface area contributed by atoms with Gasteiger partial charge >= 0.3 is 0 Å². The molecule has 0 radical (unpaired) electrons. The van der Waals surface area contributed by atoms with Crippen molar-refractivity contribution in [3.8, 4) is 0 Å². The molecule has 2 aliphatic heterocycles. The maximum Gasteiger partial charge on any atom is 0.240 e. The highest BCUT2D eigenvalue weighted by Crippen LogP contribution is 2.37. The zero-order valence-electron chi connectivity index (χ0n) is 24.8. The molecule has 2 aliphatic rings. The topological polar surface area (TPSA) is 97.3 Å². The number of halogens is 1. The first-order valence-electron chi connectivity index (χ1n) is 14.5. The molecule has 2 heterocycles. The van der Waals surface area contributed by atoms with Crippen molar-refractivity contribution in [2.75, 3.05) is 64.1 Å². The van der Waals surface area contributed by atoms with Gasteiger partial charge in [-0.2, -0.15) is 0 Å². The number of nitrogens with one attached hydrogen (secondary N) is 2. The number of benzene rings is 3. The fourth-order valence-corrected chi connectivity index (χ4v) is 5.36. The van der Waals surface area contributed by atoms with Gasteiger partial charge in [-0.15, -0.1) is 0 Å². The molecule has 5 rings (SSSR count). The number of aryl methyl sites for hydroxylation is 1. The summed E-state index contributed by atoms with van der Waals surface area (Å²) in [7, 11) is 5.47. The lowest BCUT2D eigenvalue weighted by molar-refractivity contribution is -0.121. The second-order valence-electron chi connectivity index (χ2n) is 11.1. The fraction of sp³-hybridized carbons (Fsp3) is 0.333. The highest BCUT2D eigenvalue weighted by molar-refractivity contribution is 6.24. The van der Waals surface area contributed by atoms with Gasteiger partial charge in [-0.1, -0.05) is 30.3 Å². The smallest absolute Gasteiger partial charge is 0.240 e. The standard InChI is InChI=1S/C33H37FN6O3/c1-35-29(41)15-6-22-4-7-23(8-5-22)32(31-27-14-9-24(34)20-28(27)37-33(31)43)36-25-10-12-26(13-11-25)39(3)30(42)21-40-18-16-38(2)17-19-40/h4-5,7-14,20,31H,6,15-19,21H2,1-3H3,(H,35,41)(H,37,43).